The van der Waals surface area contributed by atoms with E-state index in [4.69, 9.17) is 11.6 Å². The average Bonchev–Trinajstić information content (AvgIpc) is 2.49. The first-order valence-corrected chi connectivity index (χ1v) is 9.60. The first kappa shape index (κ1) is 17.6. The Morgan fingerprint density at radius 1 is 1.04 bits per heavy atom. The van der Waals surface area contributed by atoms with Crippen LogP contribution in [0.15, 0.2) is 48.5 Å². The monoisotopic (exact) mass is 352 g/mol. The third-order valence-corrected chi connectivity index (χ3v) is 4.99. The van der Waals surface area contributed by atoms with Crippen LogP contribution in [0, 0.1) is 0 Å². The van der Waals surface area contributed by atoms with Gasteiger partial charge in [0.15, 0.2) is 0 Å². The van der Waals surface area contributed by atoms with Gasteiger partial charge in [0.05, 0.1) is 5.75 Å². The molecule has 0 bridgehead atoms. The van der Waals surface area contributed by atoms with Gasteiger partial charge in [0, 0.05) is 22.9 Å². The van der Waals surface area contributed by atoms with Crippen LogP contribution in [0.4, 0.5) is 11.4 Å². The van der Waals surface area contributed by atoms with Crippen molar-refractivity contribution in [2.24, 2.45) is 0 Å². The summed E-state index contributed by atoms with van der Waals surface area (Å²) in [6.07, 6.45) is 1.46. The summed E-state index contributed by atoms with van der Waals surface area (Å²) >= 11 is 5.96. The van der Waals surface area contributed by atoms with E-state index in [-0.39, 0.29) is 5.75 Å². The van der Waals surface area contributed by atoms with Crippen molar-refractivity contribution in [1.82, 2.24) is 0 Å². The lowest BCUT2D eigenvalue weighted by atomic mass is 10.1. The summed E-state index contributed by atoms with van der Waals surface area (Å²) in [5.41, 5.74) is 2.71. The van der Waals surface area contributed by atoms with Crippen molar-refractivity contribution >= 4 is 33.0 Å². The van der Waals surface area contributed by atoms with Crippen molar-refractivity contribution in [2.45, 2.75) is 19.8 Å². The number of nitrogens with one attached hydrogen (secondary N) is 2. The number of hydrogen-bond acceptors (Lipinski definition) is 3. The number of sulfonamides is 1. The maximum atomic E-state index is 11.7. The first-order chi connectivity index (χ1) is 11.0. The molecule has 0 amide bonds. The van der Waals surface area contributed by atoms with Gasteiger partial charge in [-0.3, -0.25) is 4.72 Å². The van der Waals surface area contributed by atoms with Crippen LogP contribution in [-0.4, -0.2) is 20.7 Å². The van der Waals surface area contributed by atoms with Gasteiger partial charge in [-0.1, -0.05) is 30.7 Å². The minimum Gasteiger partial charge on any atom is -0.385 e. The molecular formula is C17H21ClN2O2S. The summed E-state index contributed by atoms with van der Waals surface area (Å²) in [6.45, 7) is 2.62. The number of anilines is 2. The Labute approximate surface area is 142 Å². The molecule has 0 aliphatic carbocycles. The molecule has 0 heterocycles. The van der Waals surface area contributed by atoms with E-state index < -0.39 is 10.0 Å². The second-order valence-electron chi connectivity index (χ2n) is 5.30. The third-order valence-electron chi connectivity index (χ3n) is 3.26. The summed E-state index contributed by atoms with van der Waals surface area (Å²) in [5.74, 6) is 0.132. The first-order valence-electron chi connectivity index (χ1n) is 7.57. The van der Waals surface area contributed by atoms with Crippen molar-refractivity contribution in [3.05, 3.63) is 59.1 Å². The number of hydrogen-bond donors (Lipinski definition) is 2. The van der Waals surface area contributed by atoms with Crippen LogP contribution < -0.4 is 10.0 Å². The van der Waals surface area contributed by atoms with Gasteiger partial charge in [0.25, 0.3) is 0 Å². The Kier molecular flexibility index (Phi) is 6.30. The van der Waals surface area contributed by atoms with Crippen LogP contribution in [0.1, 0.15) is 18.9 Å². The fourth-order valence-corrected chi connectivity index (χ4v) is 3.55. The Balaban J connectivity index is 1.85. The van der Waals surface area contributed by atoms with E-state index in [2.05, 4.69) is 10.0 Å². The normalized spacial score (nSPS) is 11.2. The summed E-state index contributed by atoms with van der Waals surface area (Å²) in [5, 5.41) is 4.05. The average molecular weight is 353 g/mol. The molecule has 0 atom stereocenters. The fourth-order valence-electron chi connectivity index (χ4n) is 2.20. The molecule has 0 aliphatic rings. The predicted octanol–water partition coefficient (Wildman–Crippen LogP) is 4.15. The van der Waals surface area contributed by atoms with E-state index >= 15 is 0 Å². The molecule has 0 aliphatic heterocycles. The lowest BCUT2D eigenvalue weighted by molar-refractivity contribution is 0.600. The van der Waals surface area contributed by atoms with Crippen LogP contribution in [0.5, 0.6) is 0 Å². The minimum absolute atomic E-state index is 0.132. The molecule has 23 heavy (non-hydrogen) atoms. The van der Waals surface area contributed by atoms with Crippen molar-refractivity contribution in [3.8, 4) is 0 Å². The highest BCUT2D eigenvalue weighted by atomic mass is 35.5. The maximum absolute atomic E-state index is 11.7. The number of rotatable bonds is 8. The highest BCUT2D eigenvalue weighted by molar-refractivity contribution is 7.92. The van der Waals surface area contributed by atoms with Gasteiger partial charge < -0.3 is 5.32 Å². The molecular weight excluding hydrogens is 332 g/mol. The van der Waals surface area contributed by atoms with Crippen LogP contribution in [0.25, 0.3) is 0 Å². The van der Waals surface area contributed by atoms with Crippen molar-refractivity contribution < 1.29 is 8.42 Å². The van der Waals surface area contributed by atoms with E-state index in [0.29, 0.717) is 12.1 Å². The van der Waals surface area contributed by atoms with Gasteiger partial charge in [0.2, 0.25) is 10.0 Å². The Hall–Kier alpha value is -1.72. The Morgan fingerprint density at radius 3 is 2.39 bits per heavy atom. The second-order valence-corrected chi connectivity index (χ2v) is 7.58. The molecule has 124 valence electrons. The summed E-state index contributed by atoms with van der Waals surface area (Å²) in [4.78, 5) is 0. The van der Waals surface area contributed by atoms with E-state index in [0.717, 1.165) is 23.7 Å². The van der Waals surface area contributed by atoms with E-state index in [1.807, 2.05) is 43.3 Å². The van der Waals surface area contributed by atoms with E-state index in [1.165, 1.54) is 5.56 Å². The molecule has 0 fully saturated rings. The topological polar surface area (TPSA) is 58.2 Å². The van der Waals surface area contributed by atoms with Crippen LogP contribution in [0.2, 0.25) is 5.02 Å². The largest absolute Gasteiger partial charge is 0.385 e. The van der Waals surface area contributed by atoms with Gasteiger partial charge in [0.1, 0.15) is 0 Å². The molecule has 0 aromatic heterocycles. The number of halogens is 1. The standard InChI is InChI=1S/C17H21ClN2O2S/c1-2-12-23(21,22)20-17-8-6-16(7-9-17)19-11-10-14-4-3-5-15(18)13-14/h3-9,13,19-20H,2,10-12H2,1H3. The van der Waals surface area contributed by atoms with Crippen molar-refractivity contribution in [1.29, 1.82) is 0 Å². The van der Waals surface area contributed by atoms with Gasteiger partial charge in [-0.05, 0) is 54.8 Å². The summed E-state index contributed by atoms with van der Waals surface area (Å²) in [7, 11) is -3.24. The Morgan fingerprint density at radius 2 is 1.74 bits per heavy atom. The molecule has 2 aromatic carbocycles. The van der Waals surface area contributed by atoms with Crippen LogP contribution >= 0.6 is 11.6 Å². The highest BCUT2D eigenvalue weighted by Crippen LogP contribution is 2.16. The molecule has 2 aromatic rings. The van der Waals surface area contributed by atoms with Gasteiger partial charge in [-0.15, -0.1) is 0 Å². The SMILES string of the molecule is CCCS(=O)(=O)Nc1ccc(NCCc2cccc(Cl)c2)cc1. The third kappa shape index (κ3) is 6.12. The molecule has 0 unspecified atom stereocenters. The zero-order valence-electron chi connectivity index (χ0n) is 13.0. The van der Waals surface area contributed by atoms with Crippen LogP contribution in [-0.2, 0) is 16.4 Å². The summed E-state index contributed by atoms with van der Waals surface area (Å²) in [6, 6.07) is 15.0. The van der Waals surface area contributed by atoms with Crippen molar-refractivity contribution in [3.63, 3.8) is 0 Å². The number of benzene rings is 2. The van der Waals surface area contributed by atoms with Gasteiger partial charge >= 0.3 is 0 Å². The van der Waals surface area contributed by atoms with Gasteiger partial charge in [-0.25, -0.2) is 8.42 Å². The van der Waals surface area contributed by atoms with Crippen molar-refractivity contribution in [2.75, 3.05) is 22.3 Å². The molecule has 2 rings (SSSR count). The zero-order valence-corrected chi connectivity index (χ0v) is 14.6. The molecule has 0 radical (unpaired) electrons. The minimum atomic E-state index is -3.24. The van der Waals surface area contributed by atoms with Crippen LogP contribution in [0.3, 0.4) is 0 Å². The van der Waals surface area contributed by atoms with Gasteiger partial charge in [-0.2, -0.15) is 0 Å². The smallest absolute Gasteiger partial charge is 0.232 e. The predicted molar refractivity (Wildman–Crippen MR) is 97.8 cm³/mol. The van der Waals surface area contributed by atoms with E-state index in [9.17, 15) is 8.42 Å². The summed E-state index contributed by atoms with van der Waals surface area (Å²) < 4.78 is 26.0. The molecule has 2 N–H and O–H groups in total. The lowest BCUT2D eigenvalue weighted by Gasteiger charge is -2.10. The maximum Gasteiger partial charge on any atom is 0.232 e. The molecule has 0 spiro atoms. The molecule has 6 heteroatoms. The van der Waals surface area contributed by atoms with E-state index in [1.54, 1.807) is 12.1 Å². The molecule has 0 saturated heterocycles. The molecule has 0 saturated carbocycles. The lowest BCUT2D eigenvalue weighted by Crippen LogP contribution is -2.16. The quantitative estimate of drug-likeness (QED) is 0.750. The second kappa shape index (κ2) is 8.22. The Bertz CT molecular complexity index is 731. The zero-order chi connectivity index (χ0) is 16.7. The fraction of sp³-hybridized carbons (Fsp3) is 0.294. The highest BCUT2D eigenvalue weighted by Gasteiger charge is 2.08. The molecule has 4 nitrogen and oxygen atoms in total.